The summed E-state index contributed by atoms with van der Waals surface area (Å²) in [5.74, 6) is 1.49. The molecule has 326 valence electrons. The molecule has 0 unspecified atom stereocenters. The molecule has 4 aromatic heterocycles. The van der Waals surface area contributed by atoms with Gasteiger partial charge in [-0.05, 0) is 91.4 Å². The molecule has 6 nitrogen and oxygen atoms in total. The second-order valence-corrected chi connectivity index (χ2v) is 20.6. The third-order valence-corrected chi connectivity index (χ3v) is 12.7. The van der Waals surface area contributed by atoms with Gasteiger partial charge in [0.2, 0.25) is 0 Å². The zero-order valence-corrected chi connectivity index (χ0v) is 41.6. The van der Waals surface area contributed by atoms with Crippen LogP contribution < -0.4 is 0 Å². The van der Waals surface area contributed by atoms with Crippen molar-refractivity contribution in [2.45, 2.75) is 131 Å². The molecule has 7 heteroatoms. The van der Waals surface area contributed by atoms with Gasteiger partial charge in [-0.15, -0.1) is 35.0 Å². The zero-order chi connectivity index (χ0) is 44.2. The van der Waals surface area contributed by atoms with Gasteiger partial charge in [-0.1, -0.05) is 155 Å². The van der Waals surface area contributed by atoms with Crippen LogP contribution in [0.2, 0.25) is 0 Å². The molecular formula is C56H60N4O2Pt. The summed E-state index contributed by atoms with van der Waals surface area (Å²) in [6, 6.07) is 29.5. The van der Waals surface area contributed by atoms with Crippen LogP contribution in [0, 0.1) is 12.1 Å². The van der Waals surface area contributed by atoms with Gasteiger partial charge in [0.1, 0.15) is 0 Å². The number of hydrogen-bond acceptors (Lipinski definition) is 4. The van der Waals surface area contributed by atoms with Gasteiger partial charge in [0.25, 0.3) is 0 Å². The van der Waals surface area contributed by atoms with Crippen LogP contribution in [-0.2, 0) is 31.9 Å². The second-order valence-electron chi connectivity index (χ2n) is 20.6. The van der Waals surface area contributed by atoms with E-state index < -0.39 is 0 Å². The SMILES string of the molecule is CC(C)c1cccc(C(C)C)c1-c1cnn(-c2[c-]c3c(oc4ccc5oc6c(C(C)(C)C)cc(-n7cc(-c8c(C(C)C)cccc8C(C)C)cn7)[c-]c6c5c43)c(C(C)(C)C)c2)c1.[Pt+2]. The van der Waals surface area contributed by atoms with Crippen LogP contribution in [0.5, 0.6) is 0 Å². The number of benzene rings is 5. The van der Waals surface area contributed by atoms with Gasteiger partial charge in [0.05, 0.1) is 23.6 Å². The fourth-order valence-electron chi connectivity index (χ4n) is 9.43. The third-order valence-electron chi connectivity index (χ3n) is 12.7. The van der Waals surface area contributed by atoms with Crippen molar-refractivity contribution in [2.24, 2.45) is 0 Å². The van der Waals surface area contributed by atoms with Gasteiger partial charge >= 0.3 is 21.1 Å². The van der Waals surface area contributed by atoms with Gasteiger partial charge in [-0.25, -0.2) is 0 Å². The average Bonchev–Trinajstić information content (AvgIpc) is 4.03. The Labute approximate surface area is 387 Å². The summed E-state index contributed by atoms with van der Waals surface area (Å²) in [6.07, 6.45) is 8.35. The topological polar surface area (TPSA) is 61.9 Å². The summed E-state index contributed by atoms with van der Waals surface area (Å²) in [4.78, 5) is 0. The summed E-state index contributed by atoms with van der Waals surface area (Å²) in [6.45, 7) is 31.5. The van der Waals surface area contributed by atoms with Gasteiger partial charge in [0, 0.05) is 34.7 Å². The molecular weight excluding hydrogens is 956 g/mol. The van der Waals surface area contributed by atoms with Crippen LogP contribution in [0.25, 0.3) is 77.5 Å². The number of furan rings is 2. The Morgan fingerprint density at radius 1 is 0.508 bits per heavy atom. The van der Waals surface area contributed by atoms with E-state index in [1.54, 1.807) is 0 Å². The normalized spacial score (nSPS) is 12.7. The largest absolute Gasteiger partial charge is 2.00 e. The smallest absolute Gasteiger partial charge is 0.511 e. The quantitative estimate of drug-likeness (QED) is 0.142. The maximum atomic E-state index is 6.88. The van der Waals surface area contributed by atoms with Crippen molar-refractivity contribution >= 4 is 43.9 Å². The molecule has 9 rings (SSSR count). The van der Waals surface area contributed by atoms with Crippen molar-refractivity contribution in [3.63, 3.8) is 0 Å². The van der Waals surface area contributed by atoms with E-state index >= 15 is 0 Å². The molecule has 63 heavy (non-hydrogen) atoms. The van der Waals surface area contributed by atoms with Crippen LogP contribution in [-0.4, -0.2) is 19.6 Å². The first-order valence-corrected chi connectivity index (χ1v) is 22.4. The van der Waals surface area contributed by atoms with E-state index in [0.29, 0.717) is 23.7 Å². The van der Waals surface area contributed by atoms with Crippen molar-refractivity contribution in [1.29, 1.82) is 0 Å². The third kappa shape index (κ3) is 7.60. The fraction of sp³-hybridized carbons (Fsp3) is 0.357. The van der Waals surface area contributed by atoms with E-state index in [9.17, 15) is 0 Å². The Hall–Kier alpha value is -5.19. The first-order chi connectivity index (χ1) is 29.3. The van der Waals surface area contributed by atoms with Crippen molar-refractivity contribution in [2.75, 3.05) is 0 Å². The van der Waals surface area contributed by atoms with Crippen LogP contribution in [0.15, 0.2) is 94.3 Å². The molecule has 0 saturated heterocycles. The predicted molar refractivity (Wildman–Crippen MR) is 258 cm³/mol. The Morgan fingerprint density at radius 3 is 1.14 bits per heavy atom. The predicted octanol–water partition coefficient (Wildman–Crippen LogP) is 15.9. The molecule has 5 aromatic carbocycles. The number of fused-ring (bicyclic) bond motifs is 7. The van der Waals surface area contributed by atoms with Crippen molar-refractivity contribution in [1.82, 2.24) is 19.6 Å². The minimum atomic E-state index is -0.237. The minimum Gasteiger partial charge on any atom is -0.511 e. The molecule has 0 N–H and O–H groups in total. The Bertz CT molecular complexity index is 2900. The van der Waals surface area contributed by atoms with Crippen LogP contribution in [0.1, 0.15) is 154 Å². The minimum absolute atomic E-state index is 0. The van der Waals surface area contributed by atoms with E-state index in [0.717, 1.165) is 77.5 Å². The molecule has 0 aliphatic rings. The van der Waals surface area contributed by atoms with E-state index in [1.165, 1.54) is 33.4 Å². The standard InChI is InChI=1S/C56H60N4O2.Pt/c1-31(2)39-17-15-18-40(32(3)4)49(39)35-27-57-59(29-35)37-23-43-51-47(61-53(43)45(25-37)55(9,10)11)21-22-48-52(51)44-24-38(26-46(54(44)62-48)56(12,13)14)60-30-36(28-58-60)50-41(33(5)6)19-16-20-42(50)34(7)8;/h15-22,25-34H,1-14H3;/q-2;+2. The van der Waals surface area contributed by atoms with Gasteiger partial charge in [0.15, 0.2) is 0 Å². The molecule has 0 saturated carbocycles. The number of nitrogens with zero attached hydrogens (tertiary/aromatic N) is 4. The number of rotatable bonds is 8. The monoisotopic (exact) mass is 1020 g/mol. The second kappa shape index (κ2) is 16.1. The van der Waals surface area contributed by atoms with Crippen LogP contribution in [0.4, 0.5) is 0 Å². The molecule has 0 bridgehead atoms. The van der Waals surface area contributed by atoms with E-state index in [2.05, 4.69) is 170 Å². The first-order valence-electron chi connectivity index (χ1n) is 22.4. The zero-order valence-electron chi connectivity index (χ0n) is 39.3. The average molecular weight is 1020 g/mol. The molecule has 0 atom stereocenters. The summed E-state index contributed by atoms with van der Waals surface area (Å²) >= 11 is 0. The first kappa shape index (κ1) is 44.4. The number of hydrogen-bond donors (Lipinski definition) is 0. The molecule has 0 fully saturated rings. The molecule has 4 heterocycles. The van der Waals surface area contributed by atoms with Crippen molar-refractivity contribution < 1.29 is 29.9 Å². The van der Waals surface area contributed by atoms with Gasteiger partial charge < -0.3 is 8.83 Å². The fourth-order valence-corrected chi connectivity index (χ4v) is 9.43. The van der Waals surface area contributed by atoms with Crippen molar-refractivity contribution in [3.8, 4) is 33.6 Å². The van der Waals surface area contributed by atoms with E-state index in [-0.39, 0.29) is 31.9 Å². The van der Waals surface area contributed by atoms with Crippen LogP contribution >= 0.6 is 0 Å². The van der Waals surface area contributed by atoms with Crippen molar-refractivity contribution in [3.05, 3.63) is 131 Å². The Morgan fingerprint density at radius 2 is 0.841 bits per heavy atom. The summed E-state index contributed by atoms with van der Waals surface area (Å²) in [5, 5.41) is 13.8. The van der Waals surface area contributed by atoms with E-state index in [1.807, 2.05) is 33.9 Å². The Kier molecular flexibility index (Phi) is 11.4. The molecule has 0 aliphatic carbocycles. The maximum Gasteiger partial charge on any atom is 2.00 e. The molecule has 0 spiro atoms. The van der Waals surface area contributed by atoms with Crippen LogP contribution in [0.3, 0.4) is 0 Å². The molecule has 0 amide bonds. The summed E-state index contributed by atoms with van der Waals surface area (Å²) in [5.41, 5.74) is 16.7. The molecule has 0 aliphatic heterocycles. The Balaban J connectivity index is 0.00000544. The molecule has 0 radical (unpaired) electrons. The summed E-state index contributed by atoms with van der Waals surface area (Å²) in [7, 11) is 0. The molecule has 9 aromatic rings. The number of aromatic nitrogens is 4. The van der Waals surface area contributed by atoms with Gasteiger partial charge in [-0.2, -0.15) is 10.2 Å². The summed E-state index contributed by atoms with van der Waals surface area (Å²) < 4.78 is 17.7. The van der Waals surface area contributed by atoms with Gasteiger partial charge in [-0.3, -0.25) is 9.36 Å². The van der Waals surface area contributed by atoms with E-state index in [4.69, 9.17) is 19.0 Å². The maximum absolute atomic E-state index is 6.88.